The molecule has 0 aliphatic rings. The molecule has 0 saturated carbocycles. The van der Waals surface area contributed by atoms with Crippen molar-refractivity contribution in [2.45, 2.75) is 38.3 Å². The first-order valence-electron chi connectivity index (χ1n) is 6.03. The summed E-state index contributed by atoms with van der Waals surface area (Å²) in [6.07, 6.45) is 2.11. The van der Waals surface area contributed by atoms with Gasteiger partial charge in [0, 0.05) is 6.04 Å². The van der Waals surface area contributed by atoms with Gasteiger partial charge in [0.2, 0.25) is 0 Å². The molecule has 0 radical (unpaired) electrons. The van der Waals surface area contributed by atoms with Crippen molar-refractivity contribution in [1.29, 1.82) is 0 Å². The van der Waals surface area contributed by atoms with Crippen LogP contribution in [0.2, 0.25) is 0 Å². The first kappa shape index (κ1) is 13.2. The van der Waals surface area contributed by atoms with Crippen LogP contribution in [0.4, 0.5) is 0 Å². The number of nitrogens with two attached hydrogens (primary N) is 1. The zero-order chi connectivity index (χ0) is 12.2. The lowest BCUT2D eigenvalue weighted by Gasteiger charge is -2.39. The third-order valence-corrected chi connectivity index (χ3v) is 3.50. The third kappa shape index (κ3) is 2.63. The predicted molar refractivity (Wildman–Crippen MR) is 70.4 cm³/mol. The number of benzene rings is 1. The first-order chi connectivity index (χ1) is 7.52. The summed E-state index contributed by atoms with van der Waals surface area (Å²) in [5.74, 6) is 0. The van der Waals surface area contributed by atoms with Gasteiger partial charge in [-0.25, -0.2) is 0 Å². The Hall–Kier alpha value is -0.860. The number of hydrogen-bond donors (Lipinski definition) is 1. The zero-order valence-corrected chi connectivity index (χ0v) is 10.9. The molecule has 0 heterocycles. The minimum atomic E-state index is -0.250. The van der Waals surface area contributed by atoms with E-state index in [0.717, 1.165) is 12.8 Å². The lowest BCUT2D eigenvalue weighted by Crippen LogP contribution is -2.52. The maximum atomic E-state index is 6.63. The van der Waals surface area contributed by atoms with Crippen LogP contribution in [0.25, 0.3) is 0 Å². The van der Waals surface area contributed by atoms with Crippen LogP contribution in [0.5, 0.6) is 0 Å². The fourth-order valence-electron chi connectivity index (χ4n) is 2.22. The maximum absolute atomic E-state index is 6.63. The maximum Gasteiger partial charge on any atom is 0.0564 e. The summed E-state index contributed by atoms with van der Waals surface area (Å²) in [5.41, 5.74) is 7.62. The Balaban J connectivity index is 3.06. The van der Waals surface area contributed by atoms with Crippen molar-refractivity contribution in [2.24, 2.45) is 5.73 Å². The minimum Gasteiger partial charge on any atom is -0.320 e. The smallest absolute Gasteiger partial charge is 0.0564 e. The predicted octanol–water partition coefficient (Wildman–Crippen LogP) is 2.59. The summed E-state index contributed by atoms with van der Waals surface area (Å²) in [7, 11) is 4.18. The van der Waals surface area contributed by atoms with Crippen molar-refractivity contribution in [2.75, 3.05) is 14.1 Å². The Bertz CT molecular complexity index is 308. The van der Waals surface area contributed by atoms with Gasteiger partial charge in [0.15, 0.2) is 0 Å². The van der Waals surface area contributed by atoms with Gasteiger partial charge in [-0.15, -0.1) is 0 Å². The van der Waals surface area contributed by atoms with Gasteiger partial charge in [-0.1, -0.05) is 43.7 Å². The van der Waals surface area contributed by atoms with Crippen LogP contribution in [0, 0.1) is 0 Å². The van der Waals surface area contributed by atoms with E-state index >= 15 is 0 Å². The molecular formula is C14H24N2. The van der Waals surface area contributed by atoms with Crippen LogP contribution < -0.4 is 5.73 Å². The molecule has 0 aromatic heterocycles. The van der Waals surface area contributed by atoms with E-state index in [4.69, 9.17) is 5.73 Å². The van der Waals surface area contributed by atoms with Gasteiger partial charge in [-0.3, -0.25) is 0 Å². The monoisotopic (exact) mass is 220 g/mol. The summed E-state index contributed by atoms with van der Waals surface area (Å²) in [4.78, 5) is 2.20. The van der Waals surface area contributed by atoms with E-state index in [-0.39, 0.29) is 5.54 Å². The largest absolute Gasteiger partial charge is 0.320 e. The van der Waals surface area contributed by atoms with E-state index in [1.807, 2.05) is 6.07 Å². The molecule has 0 aliphatic heterocycles. The van der Waals surface area contributed by atoms with E-state index in [9.17, 15) is 0 Å². The van der Waals surface area contributed by atoms with Gasteiger partial charge in [-0.2, -0.15) is 0 Å². The summed E-state index contributed by atoms with van der Waals surface area (Å²) in [6, 6.07) is 10.8. The second-order valence-corrected chi connectivity index (χ2v) is 4.80. The summed E-state index contributed by atoms with van der Waals surface area (Å²) < 4.78 is 0. The number of likely N-dealkylation sites (N-methyl/N-ethyl adjacent to an activating group) is 1. The Morgan fingerprint density at radius 2 is 1.81 bits per heavy atom. The second-order valence-electron chi connectivity index (χ2n) is 4.80. The molecule has 2 atom stereocenters. The number of hydrogen-bond acceptors (Lipinski definition) is 2. The van der Waals surface area contributed by atoms with E-state index in [1.54, 1.807) is 0 Å². The normalized spacial score (nSPS) is 17.1. The van der Waals surface area contributed by atoms with Gasteiger partial charge >= 0.3 is 0 Å². The van der Waals surface area contributed by atoms with Gasteiger partial charge in [0.05, 0.1) is 5.54 Å². The van der Waals surface area contributed by atoms with E-state index < -0.39 is 0 Å². The van der Waals surface area contributed by atoms with Gasteiger partial charge < -0.3 is 10.6 Å². The van der Waals surface area contributed by atoms with Crippen molar-refractivity contribution >= 4 is 0 Å². The average molecular weight is 220 g/mol. The van der Waals surface area contributed by atoms with Crippen LogP contribution in [-0.2, 0) is 5.54 Å². The summed E-state index contributed by atoms with van der Waals surface area (Å²) in [5, 5.41) is 0. The topological polar surface area (TPSA) is 29.3 Å². The Kier molecular flexibility index (Phi) is 4.51. The van der Waals surface area contributed by atoms with Crippen molar-refractivity contribution in [3.05, 3.63) is 35.9 Å². The highest BCUT2D eigenvalue weighted by atomic mass is 15.1. The quantitative estimate of drug-likeness (QED) is 0.826. The molecule has 0 amide bonds. The summed E-state index contributed by atoms with van der Waals surface area (Å²) in [6.45, 7) is 4.38. The Morgan fingerprint density at radius 1 is 1.25 bits per heavy atom. The Labute approximate surface area is 99.5 Å². The molecule has 1 rings (SSSR count). The molecule has 0 bridgehead atoms. The van der Waals surface area contributed by atoms with E-state index in [0.29, 0.717) is 6.04 Å². The second kappa shape index (κ2) is 5.46. The highest BCUT2D eigenvalue weighted by Gasteiger charge is 2.33. The molecule has 1 aromatic carbocycles. The molecular weight excluding hydrogens is 196 g/mol. The minimum absolute atomic E-state index is 0.250. The number of nitrogens with zero attached hydrogens (tertiary/aromatic N) is 1. The van der Waals surface area contributed by atoms with Crippen LogP contribution in [0.15, 0.2) is 30.3 Å². The lowest BCUT2D eigenvalue weighted by atomic mass is 9.80. The fraction of sp³-hybridized carbons (Fsp3) is 0.571. The van der Waals surface area contributed by atoms with Crippen LogP contribution in [0.1, 0.15) is 32.3 Å². The molecule has 2 heteroatoms. The van der Waals surface area contributed by atoms with Gasteiger partial charge in [0.25, 0.3) is 0 Å². The highest BCUT2D eigenvalue weighted by molar-refractivity contribution is 5.26. The van der Waals surface area contributed by atoms with Crippen LogP contribution >= 0.6 is 0 Å². The zero-order valence-electron chi connectivity index (χ0n) is 10.9. The highest BCUT2D eigenvalue weighted by Crippen LogP contribution is 2.29. The fourth-order valence-corrected chi connectivity index (χ4v) is 2.22. The molecule has 0 spiro atoms. The van der Waals surface area contributed by atoms with Gasteiger partial charge in [0.1, 0.15) is 0 Å². The molecule has 2 N–H and O–H groups in total. The van der Waals surface area contributed by atoms with Gasteiger partial charge in [-0.05, 0) is 33.0 Å². The van der Waals surface area contributed by atoms with Crippen molar-refractivity contribution in [3.63, 3.8) is 0 Å². The standard InChI is InChI=1S/C14H24N2/c1-5-11-14(15,12(2)16(3)4)13-9-7-6-8-10-13/h6-10,12H,5,11,15H2,1-4H3. The number of rotatable bonds is 5. The molecule has 2 unspecified atom stereocenters. The molecule has 0 fully saturated rings. The first-order valence-corrected chi connectivity index (χ1v) is 6.03. The van der Waals surface area contributed by atoms with Crippen LogP contribution in [-0.4, -0.2) is 25.0 Å². The molecule has 90 valence electrons. The van der Waals surface area contributed by atoms with Crippen molar-refractivity contribution < 1.29 is 0 Å². The van der Waals surface area contributed by atoms with Crippen molar-refractivity contribution in [3.8, 4) is 0 Å². The average Bonchev–Trinajstić information content (AvgIpc) is 2.29. The lowest BCUT2D eigenvalue weighted by molar-refractivity contribution is 0.181. The van der Waals surface area contributed by atoms with E-state index in [1.165, 1.54) is 5.56 Å². The third-order valence-electron chi connectivity index (χ3n) is 3.50. The Morgan fingerprint density at radius 3 is 2.25 bits per heavy atom. The molecule has 16 heavy (non-hydrogen) atoms. The van der Waals surface area contributed by atoms with Crippen LogP contribution in [0.3, 0.4) is 0 Å². The molecule has 1 aromatic rings. The molecule has 0 aliphatic carbocycles. The molecule has 0 saturated heterocycles. The van der Waals surface area contributed by atoms with E-state index in [2.05, 4.69) is 57.1 Å². The molecule has 2 nitrogen and oxygen atoms in total. The SMILES string of the molecule is CCCC(N)(c1ccccc1)C(C)N(C)C. The van der Waals surface area contributed by atoms with Crippen molar-refractivity contribution in [1.82, 2.24) is 4.90 Å². The summed E-state index contributed by atoms with van der Waals surface area (Å²) >= 11 is 0.